The number of fused-ring (bicyclic) bond motifs is 2. The second kappa shape index (κ2) is 11.2. The molecule has 0 spiro atoms. The highest BCUT2D eigenvalue weighted by Gasteiger charge is 2.23. The molecule has 0 aromatic heterocycles. The van der Waals surface area contributed by atoms with Crippen molar-refractivity contribution in [1.82, 2.24) is 0 Å². The summed E-state index contributed by atoms with van der Waals surface area (Å²) in [7, 11) is 0. The Hall–Kier alpha value is -6.32. The van der Waals surface area contributed by atoms with Crippen LogP contribution >= 0.6 is 0 Å². The minimum atomic E-state index is 0.667. The smallest absolute Gasteiger partial charge is 0.172 e. The zero-order chi connectivity index (χ0) is 31.2. The van der Waals surface area contributed by atoms with E-state index < -0.39 is 0 Å². The molecule has 222 valence electrons. The number of hydrogen-bond donors (Lipinski definition) is 0. The molecule has 8 aromatic carbocycles. The molecule has 0 saturated heterocycles. The van der Waals surface area contributed by atoms with E-state index >= 15 is 0 Å². The lowest BCUT2D eigenvalue weighted by Crippen LogP contribution is -2.11. The van der Waals surface area contributed by atoms with Crippen molar-refractivity contribution in [3.8, 4) is 45.3 Å². The van der Waals surface area contributed by atoms with Crippen LogP contribution in [-0.4, -0.2) is 0 Å². The van der Waals surface area contributed by atoms with Crippen molar-refractivity contribution in [1.29, 1.82) is 0 Å². The number of nitrogens with zero attached hydrogens (tertiary/aromatic N) is 1. The molecule has 0 amide bonds. The Bertz CT molecular complexity index is 2400. The standard InChI is InChI=1S/C44H29NO2/c1-2-11-31(12-3-1)38-18-6-7-20-39(38)45(34-25-23-32(24-26-34)37-19-8-14-30-13-4-5-17-36(30)37)35-27-28-40-43(29-35)47-42-22-10-16-33-15-9-21-41(46-40)44(33)42/h1-29H. The van der Waals surface area contributed by atoms with Crippen molar-refractivity contribution in [3.05, 3.63) is 176 Å². The van der Waals surface area contributed by atoms with Gasteiger partial charge in [0.15, 0.2) is 11.5 Å². The van der Waals surface area contributed by atoms with Crippen LogP contribution in [0.1, 0.15) is 0 Å². The lowest BCUT2D eigenvalue weighted by molar-refractivity contribution is 0.439. The third-order valence-corrected chi connectivity index (χ3v) is 8.91. The Morgan fingerprint density at radius 2 is 0.957 bits per heavy atom. The van der Waals surface area contributed by atoms with E-state index in [9.17, 15) is 0 Å². The second-order valence-corrected chi connectivity index (χ2v) is 11.7. The van der Waals surface area contributed by atoms with Gasteiger partial charge in [-0.3, -0.25) is 0 Å². The highest BCUT2D eigenvalue weighted by molar-refractivity contribution is 5.98. The number of ether oxygens (including phenoxy) is 2. The summed E-state index contributed by atoms with van der Waals surface area (Å²) in [6, 6.07) is 61.4. The molecule has 0 atom stereocenters. The van der Waals surface area contributed by atoms with Gasteiger partial charge in [-0.15, -0.1) is 0 Å². The molecular weight excluding hydrogens is 574 g/mol. The second-order valence-electron chi connectivity index (χ2n) is 11.7. The normalized spacial score (nSPS) is 11.7. The summed E-state index contributed by atoms with van der Waals surface area (Å²) in [6.07, 6.45) is 0. The molecule has 0 saturated carbocycles. The quantitative estimate of drug-likeness (QED) is 0.195. The molecule has 0 fully saturated rings. The van der Waals surface area contributed by atoms with Gasteiger partial charge in [-0.25, -0.2) is 0 Å². The van der Waals surface area contributed by atoms with Gasteiger partial charge in [0.25, 0.3) is 0 Å². The van der Waals surface area contributed by atoms with E-state index in [1.54, 1.807) is 0 Å². The number of para-hydroxylation sites is 1. The maximum Gasteiger partial charge on any atom is 0.172 e. The van der Waals surface area contributed by atoms with Crippen molar-refractivity contribution in [2.75, 3.05) is 4.90 Å². The van der Waals surface area contributed by atoms with E-state index in [1.165, 1.54) is 21.9 Å². The van der Waals surface area contributed by atoms with E-state index in [4.69, 9.17) is 9.47 Å². The summed E-state index contributed by atoms with van der Waals surface area (Å²) in [5.74, 6) is 2.92. The van der Waals surface area contributed by atoms with E-state index in [2.05, 4.69) is 150 Å². The van der Waals surface area contributed by atoms with Crippen molar-refractivity contribution in [2.24, 2.45) is 0 Å². The highest BCUT2D eigenvalue weighted by Crippen LogP contribution is 2.49. The van der Waals surface area contributed by atoms with Crippen molar-refractivity contribution in [3.63, 3.8) is 0 Å². The van der Waals surface area contributed by atoms with Gasteiger partial charge in [0, 0.05) is 17.3 Å². The number of rotatable bonds is 5. The molecule has 1 aliphatic heterocycles. The predicted octanol–water partition coefficient (Wildman–Crippen LogP) is 12.7. The van der Waals surface area contributed by atoms with Crippen molar-refractivity contribution < 1.29 is 9.47 Å². The molecular formula is C44H29NO2. The largest absolute Gasteiger partial charge is 0.453 e. The van der Waals surface area contributed by atoms with Crippen LogP contribution in [0.3, 0.4) is 0 Å². The number of anilines is 3. The molecule has 3 heteroatoms. The van der Waals surface area contributed by atoms with Gasteiger partial charge in [0.1, 0.15) is 11.5 Å². The third kappa shape index (κ3) is 4.77. The molecule has 0 radical (unpaired) electrons. The van der Waals surface area contributed by atoms with Crippen LogP contribution in [0.4, 0.5) is 17.1 Å². The fourth-order valence-corrected chi connectivity index (χ4v) is 6.71. The van der Waals surface area contributed by atoms with Crippen LogP contribution in [0, 0.1) is 0 Å². The zero-order valence-corrected chi connectivity index (χ0v) is 25.5. The molecule has 0 unspecified atom stereocenters. The first-order chi connectivity index (χ1) is 23.3. The van der Waals surface area contributed by atoms with Gasteiger partial charge in [0.05, 0.1) is 16.8 Å². The Morgan fingerprint density at radius 1 is 0.362 bits per heavy atom. The molecule has 1 heterocycles. The molecule has 8 aromatic rings. The minimum Gasteiger partial charge on any atom is -0.453 e. The van der Waals surface area contributed by atoms with Gasteiger partial charge < -0.3 is 14.4 Å². The van der Waals surface area contributed by atoms with Gasteiger partial charge >= 0.3 is 0 Å². The maximum absolute atomic E-state index is 6.62. The van der Waals surface area contributed by atoms with E-state index in [0.29, 0.717) is 11.5 Å². The van der Waals surface area contributed by atoms with Crippen LogP contribution in [0.2, 0.25) is 0 Å². The number of hydrogen-bond acceptors (Lipinski definition) is 3. The Morgan fingerprint density at radius 3 is 1.79 bits per heavy atom. The molecule has 47 heavy (non-hydrogen) atoms. The topological polar surface area (TPSA) is 21.7 Å². The lowest BCUT2D eigenvalue weighted by atomic mass is 9.97. The zero-order valence-electron chi connectivity index (χ0n) is 25.5. The lowest BCUT2D eigenvalue weighted by Gasteiger charge is -2.28. The fraction of sp³-hybridized carbons (Fsp3) is 0. The van der Waals surface area contributed by atoms with E-state index in [-0.39, 0.29) is 0 Å². The number of benzene rings is 8. The van der Waals surface area contributed by atoms with Gasteiger partial charge in [-0.1, -0.05) is 127 Å². The van der Waals surface area contributed by atoms with Crippen molar-refractivity contribution >= 4 is 38.6 Å². The summed E-state index contributed by atoms with van der Waals surface area (Å²) in [5, 5.41) is 4.53. The first kappa shape index (κ1) is 27.0. The van der Waals surface area contributed by atoms with Crippen LogP contribution in [0.25, 0.3) is 43.8 Å². The molecule has 0 N–H and O–H groups in total. The average molecular weight is 604 g/mol. The summed E-state index contributed by atoms with van der Waals surface area (Å²) < 4.78 is 13.1. The maximum atomic E-state index is 6.62. The molecule has 1 aliphatic rings. The minimum absolute atomic E-state index is 0.667. The average Bonchev–Trinajstić information content (AvgIpc) is 3.30. The predicted molar refractivity (Wildman–Crippen MR) is 194 cm³/mol. The van der Waals surface area contributed by atoms with Gasteiger partial charge in [0.2, 0.25) is 0 Å². The fourth-order valence-electron chi connectivity index (χ4n) is 6.71. The summed E-state index contributed by atoms with van der Waals surface area (Å²) in [5.41, 5.74) is 7.74. The van der Waals surface area contributed by atoms with Crippen LogP contribution < -0.4 is 14.4 Å². The Labute approximate surface area is 273 Å². The van der Waals surface area contributed by atoms with Gasteiger partial charge in [-0.05, 0) is 75.3 Å². The first-order valence-corrected chi connectivity index (χ1v) is 15.8. The van der Waals surface area contributed by atoms with E-state index in [1.807, 2.05) is 30.3 Å². The van der Waals surface area contributed by atoms with Crippen LogP contribution in [0.5, 0.6) is 23.0 Å². The first-order valence-electron chi connectivity index (χ1n) is 15.8. The Balaban J connectivity index is 1.20. The summed E-state index contributed by atoms with van der Waals surface area (Å²) in [4.78, 5) is 2.30. The van der Waals surface area contributed by atoms with Crippen molar-refractivity contribution in [2.45, 2.75) is 0 Å². The summed E-state index contributed by atoms with van der Waals surface area (Å²) in [6.45, 7) is 0. The third-order valence-electron chi connectivity index (χ3n) is 8.91. The molecule has 3 nitrogen and oxygen atoms in total. The monoisotopic (exact) mass is 603 g/mol. The Kier molecular flexibility index (Phi) is 6.46. The summed E-state index contributed by atoms with van der Waals surface area (Å²) >= 11 is 0. The molecule has 0 bridgehead atoms. The SMILES string of the molecule is c1ccc(-c2ccccc2N(c2ccc(-c3cccc4ccccc34)cc2)c2ccc3c(c2)Oc2cccc4cccc(c24)O3)cc1. The molecule has 9 rings (SSSR count). The van der Waals surface area contributed by atoms with E-state index in [0.717, 1.165) is 50.5 Å². The van der Waals surface area contributed by atoms with Crippen LogP contribution in [-0.2, 0) is 0 Å². The van der Waals surface area contributed by atoms with Gasteiger partial charge in [-0.2, -0.15) is 0 Å². The molecule has 0 aliphatic carbocycles. The highest BCUT2D eigenvalue weighted by atomic mass is 16.5. The van der Waals surface area contributed by atoms with Crippen LogP contribution in [0.15, 0.2) is 176 Å².